The predicted octanol–water partition coefficient (Wildman–Crippen LogP) is 3.32. The maximum Gasteiger partial charge on any atom is 0.389 e. The molecule has 0 aliphatic carbocycles. The van der Waals surface area contributed by atoms with Crippen LogP contribution in [-0.4, -0.2) is 22.7 Å². The molecule has 1 N–H and O–H groups in total. The van der Waals surface area contributed by atoms with Crippen molar-refractivity contribution in [3.63, 3.8) is 0 Å². The normalized spacial score (nSPS) is 11.6. The van der Waals surface area contributed by atoms with Gasteiger partial charge in [0.25, 0.3) is 0 Å². The number of halogens is 4. The second-order valence-corrected chi connectivity index (χ2v) is 3.84. The molecule has 0 aliphatic heterocycles. The van der Waals surface area contributed by atoms with Gasteiger partial charge in [0.2, 0.25) is 0 Å². The summed E-state index contributed by atoms with van der Waals surface area (Å²) in [5.74, 6) is -0.482. The van der Waals surface area contributed by atoms with Gasteiger partial charge in [-0.05, 0) is 19.3 Å². The molecular formula is C11H15F4N3. The highest BCUT2D eigenvalue weighted by Crippen LogP contribution is 2.22. The average Bonchev–Trinajstić information content (AvgIpc) is 2.29. The number of nitrogens with one attached hydrogen (secondary N) is 1. The third-order valence-electron chi connectivity index (χ3n) is 2.38. The molecule has 0 aliphatic rings. The number of hydrogen-bond donors (Lipinski definition) is 1. The minimum Gasteiger partial charge on any atom is -0.368 e. The molecule has 0 spiro atoms. The number of unbranched alkanes of at least 4 members (excludes halogenated alkanes) is 1. The Bertz CT molecular complexity index is 379. The van der Waals surface area contributed by atoms with Crippen molar-refractivity contribution in [2.24, 2.45) is 0 Å². The van der Waals surface area contributed by atoms with Gasteiger partial charge in [-0.2, -0.15) is 13.2 Å². The van der Waals surface area contributed by atoms with Crippen LogP contribution in [0.25, 0.3) is 0 Å². The molecule has 0 bridgehead atoms. The topological polar surface area (TPSA) is 37.8 Å². The van der Waals surface area contributed by atoms with E-state index in [2.05, 4.69) is 15.3 Å². The van der Waals surface area contributed by atoms with Gasteiger partial charge in [-0.1, -0.05) is 6.92 Å². The average molecular weight is 265 g/mol. The fourth-order valence-electron chi connectivity index (χ4n) is 1.43. The van der Waals surface area contributed by atoms with Crippen molar-refractivity contribution in [3.8, 4) is 0 Å². The van der Waals surface area contributed by atoms with Crippen LogP contribution in [-0.2, 0) is 6.42 Å². The molecule has 1 aromatic rings. The van der Waals surface area contributed by atoms with E-state index < -0.39 is 18.4 Å². The Balaban J connectivity index is 2.36. The molecule has 0 unspecified atom stereocenters. The molecule has 1 aromatic heterocycles. The molecule has 18 heavy (non-hydrogen) atoms. The van der Waals surface area contributed by atoms with Crippen molar-refractivity contribution >= 4 is 5.82 Å². The minimum absolute atomic E-state index is 0.0177. The number of anilines is 1. The first-order valence-electron chi connectivity index (χ1n) is 5.74. The van der Waals surface area contributed by atoms with Crippen molar-refractivity contribution in [2.75, 3.05) is 11.9 Å². The van der Waals surface area contributed by atoms with E-state index in [-0.39, 0.29) is 18.8 Å². The van der Waals surface area contributed by atoms with E-state index >= 15 is 0 Å². The SMILES string of the molecule is CCc1ncnc(NCCCCC(F)(F)F)c1F. The minimum atomic E-state index is -4.13. The molecule has 102 valence electrons. The summed E-state index contributed by atoms with van der Waals surface area (Å²) in [6, 6.07) is 0. The molecule has 0 saturated heterocycles. The largest absolute Gasteiger partial charge is 0.389 e. The van der Waals surface area contributed by atoms with Crippen LogP contribution in [0.5, 0.6) is 0 Å². The van der Waals surface area contributed by atoms with Gasteiger partial charge in [-0.15, -0.1) is 0 Å². The van der Waals surface area contributed by atoms with Crippen molar-refractivity contribution in [1.82, 2.24) is 9.97 Å². The Morgan fingerprint density at radius 3 is 2.56 bits per heavy atom. The zero-order valence-electron chi connectivity index (χ0n) is 10.0. The van der Waals surface area contributed by atoms with Crippen molar-refractivity contribution in [3.05, 3.63) is 17.8 Å². The highest BCUT2D eigenvalue weighted by atomic mass is 19.4. The monoisotopic (exact) mass is 265 g/mol. The number of aryl methyl sites for hydroxylation is 1. The summed E-state index contributed by atoms with van der Waals surface area (Å²) < 4.78 is 49.2. The van der Waals surface area contributed by atoms with Crippen LogP contribution in [0.4, 0.5) is 23.4 Å². The van der Waals surface area contributed by atoms with Gasteiger partial charge >= 0.3 is 6.18 Å². The molecule has 0 fully saturated rings. The Morgan fingerprint density at radius 2 is 1.94 bits per heavy atom. The van der Waals surface area contributed by atoms with Gasteiger partial charge in [0.05, 0.1) is 5.69 Å². The standard InChI is InChI=1S/C11H15F4N3/c1-2-8-9(12)10(18-7-17-8)16-6-4-3-5-11(13,14)15/h7H,2-6H2,1H3,(H,16,17,18). The third kappa shape index (κ3) is 4.85. The lowest BCUT2D eigenvalue weighted by atomic mass is 10.2. The summed E-state index contributed by atoms with van der Waals surface area (Å²) >= 11 is 0. The van der Waals surface area contributed by atoms with Crippen LogP contribution < -0.4 is 5.32 Å². The van der Waals surface area contributed by atoms with Crippen LogP contribution in [0.15, 0.2) is 6.33 Å². The van der Waals surface area contributed by atoms with Gasteiger partial charge in [0.1, 0.15) is 6.33 Å². The number of aromatic nitrogens is 2. The van der Waals surface area contributed by atoms with Gasteiger partial charge in [0, 0.05) is 13.0 Å². The van der Waals surface area contributed by atoms with Crippen LogP contribution in [0.3, 0.4) is 0 Å². The number of rotatable bonds is 6. The Labute approximate surface area is 103 Å². The highest BCUT2D eigenvalue weighted by Gasteiger charge is 2.25. The molecule has 0 radical (unpaired) electrons. The van der Waals surface area contributed by atoms with E-state index in [1.165, 1.54) is 6.33 Å². The number of hydrogen-bond acceptors (Lipinski definition) is 3. The van der Waals surface area contributed by atoms with Crippen LogP contribution >= 0.6 is 0 Å². The van der Waals surface area contributed by atoms with Crippen LogP contribution in [0.2, 0.25) is 0 Å². The molecule has 0 atom stereocenters. The second-order valence-electron chi connectivity index (χ2n) is 3.84. The summed E-state index contributed by atoms with van der Waals surface area (Å²) in [5, 5.41) is 2.68. The maximum absolute atomic E-state index is 13.6. The maximum atomic E-state index is 13.6. The summed E-state index contributed by atoms with van der Waals surface area (Å²) in [4.78, 5) is 7.47. The Hall–Kier alpha value is -1.40. The van der Waals surface area contributed by atoms with Crippen molar-refractivity contribution in [2.45, 2.75) is 38.8 Å². The van der Waals surface area contributed by atoms with Crippen LogP contribution in [0, 0.1) is 5.82 Å². The molecule has 0 saturated carbocycles. The number of alkyl halides is 3. The molecule has 1 rings (SSSR count). The van der Waals surface area contributed by atoms with E-state index in [9.17, 15) is 17.6 Å². The van der Waals surface area contributed by atoms with Gasteiger partial charge < -0.3 is 5.32 Å². The summed E-state index contributed by atoms with van der Waals surface area (Å²) in [5.41, 5.74) is 0.294. The number of nitrogens with zero attached hydrogens (tertiary/aromatic N) is 2. The van der Waals surface area contributed by atoms with E-state index in [1.807, 2.05) is 0 Å². The van der Waals surface area contributed by atoms with E-state index in [0.717, 1.165) is 0 Å². The third-order valence-corrected chi connectivity index (χ3v) is 2.38. The zero-order valence-corrected chi connectivity index (χ0v) is 10.0. The molecule has 3 nitrogen and oxygen atoms in total. The quantitative estimate of drug-likeness (QED) is 0.633. The molecular weight excluding hydrogens is 250 g/mol. The van der Waals surface area contributed by atoms with Gasteiger partial charge in [0.15, 0.2) is 11.6 Å². The first-order valence-corrected chi connectivity index (χ1v) is 5.74. The lowest BCUT2D eigenvalue weighted by molar-refractivity contribution is -0.135. The fraction of sp³-hybridized carbons (Fsp3) is 0.636. The lowest BCUT2D eigenvalue weighted by Gasteiger charge is -2.09. The van der Waals surface area contributed by atoms with E-state index in [4.69, 9.17) is 0 Å². The van der Waals surface area contributed by atoms with E-state index in [1.54, 1.807) is 6.92 Å². The Morgan fingerprint density at radius 1 is 1.22 bits per heavy atom. The van der Waals surface area contributed by atoms with Gasteiger partial charge in [-0.3, -0.25) is 0 Å². The van der Waals surface area contributed by atoms with Crippen molar-refractivity contribution in [1.29, 1.82) is 0 Å². The highest BCUT2D eigenvalue weighted by molar-refractivity contribution is 5.36. The summed E-state index contributed by atoms with van der Waals surface area (Å²) in [6.07, 6.45) is -2.94. The van der Waals surface area contributed by atoms with Gasteiger partial charge in [-0.25, -0.2) is 14.4 Å². The molecule has 0 aromatic carbocycles. The zero-order chi connectivity index (χ0) is 13.6. The second kappa shape index (κ2) is 6.51. The smallest absolute Gasteiger partial charge is 0.368 e. The molecule has 1 heterocycles. The Kier molecular flexibility index (Phi) is 5.30. The van der Waals surface area contributed by atoms with Crippen LogP contribution in [0.1, 0.15) is 31.9 Å². The first kappa shape index (κ1) is 14.7. The summed E-state index contributed by atoms with van der Waals surface area (Å²) in [6.45, 7) is 2.02. The van der Waals surface area contributed by atoms with Crippen molar-refractivity contribution < 1.29 is 17.6 Å². The van der Waals surface area contributed by atoms with E-state index in [0.29, 0.717) is 18.5 Å². The predicted molar refractivity (Wildman–Crippen MR) is 59.8 cm³/mol. The first-order chi connectivity index (χ1) is 8.44. The molecule has 0 amide bonds. The fourth-order valence-corrected chi connectivity index (χ4v) is 1.43. The molecule has 7 heteroatoms. The summed E-state index contributed by atoms with van der Waals surface area (Å²) in [7, 11) is 0. The lowest BCUT2D eigenvalue weighted by Crippen LogP contribution is -2.10.